The van der Waals surface area contributed by atoms with Gasteiger partial charge in [-0.1, -0.05) is 6.92 Å². The molecule has 2 saturated heterocycles. The van der Waals surface area contributed by atoms with Crippen molar-refractivity contribution < 1.29 is 9.53 Å². The van der Waals surface area contributed by atoms with E-state index in [0.717, 1.165) is 31.3 Å². The van der Waals surface area contributed by atoms with Crippen LogP contribution in [0.2, 0.25) is 0 Å². The van der Waals surface area contributed by atoms with Crippen LogP contribution in [0.3, 0.4) is 0 Å². The summed E-state index contributed by atoms with van der Waals surface area (Å²) in [6.07, 6.45) is 6.77. The van der Waals surface area contributed by atoms with Gasteiger partial charge < -0.3 is 14.6 Å². The quantitative estimate of drug-likeness (QED) is 0.905. The van der Waals surface area contributed by atoms with Gasteiger partial charge in [-0.15, -0.1) is 0 Å². The standard InChI is InChI=1S/C16H26N4O2/c1-12-3-7-20(8-4-12)11-14(21)18-13-5-10-22-15(13)16-17-6-9-19(16)2/h6,9,12-13,15H,3-5,7-8,10-11H2,1-2H3,(H,18,21)/t13-,15-/m0/s1. The molecule has 0 bridgehead atoms. The summed E-state index contributed by atoms with van der Waals surface area (Å²) in [5, 5.41) is 3.14. The fraction of sp³-hybridized carbons (Fsp3) is 0.750. The van der Waals surface area contributed by atoms with Gasteiger partial charge in [0.05, 0.1) is 12.6 Å². The van der Waals surface area contributed by atoms with E-state index in [1.165, 1.54) is 12.8 Å². The van der Waals surface area contributed by atoms with Crippen LogP contribution in [0.1, 0.15) is 38.1 Å². The van der Waals surface area contributed by atoms with Crippen LogP contribution in [-0.2, 0) is 16.6 Å². The molecule has 6 nitrogen and oxygen atoms in total. The van der Waals surface area contributed by atoms with Crippen molar-refractivity contribution in [2.24, 2.45) is 13.0 Å². The molecule has 1 aromatic rings. The highest BCUT2D eigenvalue weighted by Gasteiger charge is 2.33. The Morgan fingerprint density at radius 1 is 1.41 bits per heavy atom. The van der Waals surface area contributed by atoms with Crippen LogP contribution in [0.25, 0.3) is 0 Å². The molecule has 2 aliphatic heterocycles. The monoisotopic (exact) mass is 306 g/mol. The molecule has 0 spiro atoms. The first-order valence-electron chi connectivity index (χ1n) is 8.24. The summed E-state index contributed by atoms with van der Waals surface area (Å²) in [7, 11) is 1.96. The van der Waals surface area contributed by atoms with Crippen LogP contribution in [-0.4, -0.2) is 52.6 Å². The summed E-state index contributed by atoms with van der Waals surface area (Å²) in [4.78, 5) is 18.9. The van der Waals surface area contributed by atoms with Gasteiger partial charge in [0.25, 0.3) is 0 Å². The van der Waals surface area contributed by atoms with E-state index in [1.807, 2.05) is 17.8 Å². The van der Waals surface area contributed by atoms with Crippen molar-refractivity contribution in [1.29, 1.82) is 0 Å². The summed E-state index contributed by atoms with van der Waals surface area (Å²) in [6.45, 7) is 5.50. The van der Waals surface area contributed by atoms with Crippen molar-refractivity contribution in [2.75, 3.05) is 26.2 Å². The first-order valence-corrected chi connectivity index (χ1v) is 8.24. The Morgan fingerprint density at radius 3 is 2.86 bits per heavy atom. The van der Waals surface area contributed by atoms with Crippen LogP contribution in [0.15, 0.2) is 12.4 Å². The van der Waals surface area contributed by atoms with Gasteiger partial charge in [-0.3, -0.25) is 9.69 Å². The van der Waals surface area contributed by atoms with E-state index >= 15 is 0 Å². The molecule has 0 aromatic carbocycles. The van der Waals surface area contributed by atoms with Crippen molar-refractivity contribution in [2.45, 2.75) is 38.3 Å². The van der Waals surface area contributed by atoms with E-state index in [4.69, 9.17) is 4.74 Å². The lowest BCUT2D eigenvalue weighted by atomic mass is 9.99. The molecule has 0 saturated carbocycles. The zero-order valence-electron chi connectivity index (χ0n) is 13.5. The number of hydrogen-bond donors (Lipinski definition) is 1. The number of nitrogens with zero attached hydrogens (tertiary/aromatic N) is 3. The number of aryl methyl sites for hydroxylation is 1. The second-order valence-corrected chi connectivity index (χ2v) is 6.61. The smallest absolute Gasteiger partial charge is 0.234 e. The maximum atomic E-state index is 12.3. The molecule has 0 unspecified atom stereocenters. The lowest BCUT2D eigenvalue weighted by molar-refractivity contribution is -0.123. The van der Waals surface area contributed by atoms with Crippen molar-refractivity contribution in [3.05, 3.63) is 18.2 Å². The molecule has 2 aliphatic rings. The molecule has 0 radical (unpaired) electrons. The molecule has 0 aliphatic carbocycles. The van der Waals surface area contributed by atoms with Crippen LogP contribution < -0.4 is 5.32 Å². The van der Waals surface area contributed by atoms with E-state index in [-0.39, 0.29) is 18.1 Å². The molecule has 1 aromatic heterocycles. The number of nitrogens with one attached hydrogen (secondary N) is 1. The largest absolute Gasteiger partial charge is 0.368 e. The van der Waals surface area contributed by atoms with Gasteiger partial charge in [-0.2, -0.15) is 0 Å². The molecule has 122 valence electrons. The predicted octanol–water partition coefficient (Wildman–Crippen LogP) is 1.10. The van der Waals surface area contributed by atoms with Gasteiger partial charge in [0.15, 0.2) is 0 Å². The molecule has 22 heavy (non-hydrogen) atoms. The molecule has 3 rings (SSSR count). The van der Waals surface area contributed by atoms with E-state index < -0.39 is 0 Å². The van der Waals surface area contributed by atoms with Gasteiger partial charge in [-0.05, 0) is 38.3 Å². The minimum Gasteiger partial charge on any atom is -0.368 e. The fourth-order valence-electron chi connectivity index (χ4n) is 3.32. The van der Waals surface area contributed by atoms with E-state index in [1.54, 1.807) is 6.20 Å². The van der Waals surface area contributed by atoms with Crippen LogP contribution in [0, 0.1) is 5.92 Å². The zero-order chi connectivity index (χ0) is 15.5. The average molecular weight is 306 g/mol. The lowest BCUT2D eigenvalue weighted by Crippen LogP contribution is -2.45. The van der Waals surface area contributed by atoms with Crippen molar-refractivity contribution in [1.82, 2.24) is 19.8 Å². The number of likely N-dealkylation sites (tertiary alicyclic amines) is 1. The van der Waals surface area contributed by atoms with Gasteiger partial charge in [-0.25, -0.2) is 4.98 Å². The summed E-state index contributed by atoms with van der Waals surface area (Å²) in [5.74, 6) is 1.77. The minimum absolute atomic E-state index is 0.0253. The third-order valence-electron chi connectivity index (χ3n) is 4.79. The number of aromatic nitrogens is 2. The SMILES string of the molecule is CC1CCN(CC(=O)N[C@H]2CCO[C@@H]2c2nccn2C)CC1. The van der Waals surface area contributed by atoms with Gasteiger partial charge >= 0.3 is 0 Å². The highest BCUT2D eigenvalue weighted by atomic mass is 16.5. The molecule has 1 amide bonds. The summed E-state index contributed by atoms with van der Waals surface area (Å²) < 4.78 is 7.74. The number of amides is 1. The van der Waals surface area contributed by atoms with E-state index in [2.05, 4.69) is 22.1 Å². The van der Waals surface area contributed by atoms with E-state index in [9.17, 15) is 4.79 Å². The first kappa shape index (κ1) is 15.5. The number of imidazole rings is 1. The maximum absolute atomic E-state index is 12.3. The van der Waals surface area contributed by atoms with Crippen molar-refractivity contribution in [3.8, 4) is 0 Å². The lowest BCUT2D eigenvalue weighted by Gasteiger charge is -2.30. The third-order valence-corrected chi connectivity index (χ3v) is 4.79. The second-order valence-electron chi connectivity index (χ2n) is 6.61. The summed E-state index contributed by atoms with van der Waals surface area (Å²) >= 11 is 0. The molecule has 3 heterocycles. The Kier molecular flexibility index (Phi) is 4.78. The Morgan fingerprint density at radius 2 is 2.18 bits per heavy atom. The number of piperidine rings is 1. The van der Waals surface area contributed by atoms with Crippen LogP contribution in [0.5, 0.6) is 0 Å². The topological polar surface area (TPSA) is 59.4 Å². The third kappa shape index (κ3) is 3.50. The highest BCUT2D eigenvalue weighted by Crippen LogP contribution is 2.27. The van der Waals surface area contributed by atoms with E-state index in [0.29, 0.717) is 13.2 Å². The van der Waals surface area contributed by atoms with Crippen molar-refractivity contribution >= 4 is 5.91 Å². The van der Waals surface area contributed by atoms with Crippen LogP contribution in [0.4, 0.5) is 0 Å². The fourth-order valence-corrected chi connectivity index (χ4v) is 3.32. The van der Waals surface area contributed by atoms with Gasteiger partial charge in [0, 0.05) is 26.0 Å². The van der Waals surface area contributed by atoms with Crippen molar-refractivity contribution in [3.63, 3.8) is 0 Å². The van der Waals surface area contributed by atoms with Crippen LogP contribution >= 0.6 is 0 Å². The number of carbonyl (C=O) groups excluding carboxylic acids is 1. The Balaban J connectivity index is 1.53. The molecular weight excluding hydrogens is 280 g/mol. The molecule has 6 heteroatoms. The predicted molar refractivity (Wildman–Crippen MR) is 83.3 cm³/mol. The number of ether oxygens (including phenoxy) is 1. The summed E-state index contributed by atoms with van der Waals surface area (Å²) in [5.41, 5.74) is 0. The first-order chi connectivity index (χ1) is 10.6. The summed E-state index contributed by atoms with van der Waals surface area (Å²) in [6, 6.07) is 0.0253. The number of rotatable bonds is 4. The highest BCUT2D eigenvalue weighted by molar-refractivity contribution is 5.78. The number of hydrogen-bond acceptors (Lipinski definition) is 4. The average Bonchev–Trinajstić information content (AvgIpc) is 3.10. The normalized spacial score (nSPS) is 27.2. The minimum atomic E-state index is -0.134. The van der Waals surface area contributed by atoms with Gasteiger partial charge in [0.2, 0.25) is 5.91 Å². The zero-order valence-corrected chi connectivity index (χ0v) is 13.5. The Labute approximate surface area is 131 Å². The maximum Gasteiger partial charge on any atom is 0.234 e. The molecular formula is C16H26N4O2. The Hall–Kier alpha value is -1.40. The molecule has 2 fully saturated rings. The number of carbonyl (C=O) groups is 1. The molecule has 1 N–H and O–H groups in total. The second kappa shape index (κ2) is 6.79. The van der Waals surface area contributed by atoms with Gasteiger partial charge in [0.1, 0.15) is 11.9 Å². The molecule has 2 atom stereocenters. The Bertz CT molecular complexity index is 508.